The van der Waals surface area contributed by atoms with Crippen molar-refractivity contribution in [1.82, 2.24) is 4.90 Å². The van der Waals surface area contributed by atoms with Crippen molar-refractivity contribution in [1.29, 1.82) is 0 Å². The number of fused-ring (bicyclic) bond motifs is 3. The number of amides is 3. The van der Waals surface area contributed by atoms with Crippen LogP contribution in [0.1, 0.15) is 44.2 Å². The molecular weight excluding hydrogens is 394 g/mol. The van der Waals surface area contributed by atoms with E-state index in [4.69, 9.17) is 5.73 Å². The molecule has 1 aliphatic carbocycles. The van der Waals surface area contributed by atoms with Crippen LogP contribution in [0.4, 0.5) is 5.69 Å². The zero-order chi connectivity index (χ0) is 22.2. The molecule has 1 fully saturated rings. The molecule has 2 aromatic carbocycles. The van der Waals surface area contributed by atoms with Crippen LogP contribution in [0.5, 0.6) is 0 Å². The number of rotatable bonds is 7. The molecular formula is C24H27N3O4. The fourth-order valence-electron chi connectivity index (χ4n) is 4.28. The Kier molecular flexibility index (Phi) is 5.54. The van der Waals surface area contributed by atoms with Crippen molar-refractivity contribution < 1.29 is 19.5 Å². The molecule has 1 saturated carbocycles. The molecule has 0 bridgehead atoms. The number of primary amides is 1. The Morgan fingerprint density at radius 3 is 2.42 bits per heavy atom. The third kappa shape index (κ3) is 3.81. The van der Waals surface area contributed by atoms with E-state index in [1.165, 1.54) is 4.90 Å². The normalized spacial score (nSPS) is 19.3. The van der Waals surface area contributed by atoms with Gasteiger partial charge in [0.15, 0.2) is 0 Å². The standard InChI is InChI=1S/C24H27N3O4/c1-2-13-24(31,22(25)29)23(30)27(14-15-11-12-15)20-18-9-4-3-7-16(18)17-8-5-6-10-19(17)26-21(20)28/h3-10,15,20,31H,2,11-14H2,1H3,(H2,25,29)(H,26,28)/t20-,24?/m0/s1. The summed E-state index contributed by atoms with van der Waals surface area (Å²) in [5, 5.41) is 13.9. The van der Waals surface area contributed by atoms with Crippen LogP contribution in [0, 0.1) is 5.92 Å². The number of hydrogen-bond donors (Lipinski definition) is 3. The SMILES string of the molecule is CCCC(O)(C(N)=O)C(=O)N(CC1CC1)[C@@H]1C(=O)Nc2ccccc2-c2ccccc21. The highest BCUT2D eigenvalue weighted by atomic mass is 16.3. The molecule has 3 amide bonds. The van der Waals surface area contributed by atoms with E-state index < -0.39 is 23.5 Å². The number of carbonyl (C=O) groups excluding carboxylic acids is 3. The first-order valence-electron chi connectivity index (χ1n) is 10.7. The van der Waals surface area contributed by atoms with Gasteiger partial charge in [-0.2, -0.15) is 0 Å². The fourth-order valence-corrected chi connectivity index (χ4v) is 4.28. The van der Waals surface area contributed by atoms with E-state index in [2.05, 4.69) is 5.32 Å². The van der Waals surface area contributed by atoms with Gasteiger partial charge in [0, 0.05) is 17.8 Å². The Balaban J connectivity index is 1.84. The van der Waals surface area contributed by atoms with E-state index in [1.807, 2.05) is 48.5 Å². The van der Waals surface area contributed by atoms with Crippen LogP contribution >= 0.6 is 0 Å². The van der Waals surface area contributed by atoms with Crippen LogP contribution in [-0.4, -0.2) is 39.9 Å². The molecule has 0 radical (unpaired) electrons. The summed E-state index contributed by atoms with van der Waals surface area (Å²) >= 11 is 0. The fraction of sp³-hybridized carbons (Fsp3) is 0.375. The Morgan fingerprint density at radius 1 is 1.13 bits per heavy atom. The first-order valence-corrected chi connectivity index (χ1v) is 10.7. The van der Waals surface area contributed by atoms with Gasteiger partial charge in [-0.05, 0) is 42.4 Å². The van der Waals surface area contributed by atoms with Gasteiger partial charge in [0.25, 0.3) is 17.7 Å². The van der Waals surface area contributed by atoms with Gasteiger partial charge in [-0.15, -0.1) is 0 Å². The molecule has 2 atom stereocenters. The minimum atomic E-state index is -2.35. The number of para-hydroxylation sites is 1. The van der Waals surface area contributed by atoms with Gasteiger partial charge in [-0.3, -0.25) is 14.4 Å². The summed E-state index contributed by atoms with van der Waals surface area (Å²) in [6.45, 7) is 2.04. The van der Waals surface area contributed by atoms with Crippen molar-refractivity contribution in [3.05, 3.63) is 54.1 Å². The second-order valence-electron chi connectivity index (χ2n) is 8.40. The van der Waals surface area contributed by atoms with Crippen molar-refractivity contribution in [2.24, 2.45) is 11.7 Å². The third-order valence-corrected chi connectivity index (χ3v) is 6.08. The average Bonchev–Trinajstić information content (AvgIpc) is 3.58. The lowest BCUT2D eigenvalue weighted by molar-refractivity contribution is -0.164. The van der Waals surface area contributed by atoms with E-state index in [1.54, 1.807) is 6.92 Å². The Morgan fingerprint density at radius 2 is 1.77 bits per heavy atom. The van der Waals surface area contributed by atoms with Gasteiger partial charge in [0.05, 0.1) is 0 Å². The van der Waals surface area contributed by atoms with E-state index in [0.29, 0.717) is 17.7 Å². The van der Waals surface area contributed by atoms with Crippen LogP contribution in [0.25, 0.3) is 11.1 Å². The molecule has 0 spiro atoms. The lowest BCUT2D eigenvalue weighted by atomic mass is 9.91. The van der Waals surface area contributed by atoms with Gasteiger partial charge < -0.3 is 21.1 Å². The van der Waals surface area contributed by atoms with Crippen molar-refractivity contribution in [3.63, 3.8) is 0 Å². The van der Waals surface area contributed by atoms with E-state index >= 15 is 0 Å². The summed E-state index contributed by atoms with van der Waals surface area (Å²) in [5.74, 6) is -2.05. The number of nitrogens with one attached hydrogen (secondary N) is 1. The highest BCUT2D eigenvalue weighted by Crippen LogP contribution is 2.42. The maximum atomic E-state index is 13.6. The quantitative estimate of drug-likeness (QED) is 0.597. The number of anilines is 1. The summed E-state index contributed by atoms with van der Waals surface area (Å²) in [6.07, 6.45) is 2.16. The van der Waals surface area contributed by atoms with E-state index in [9.17, 15) is 19.5 Å². The van der Waals surface area contributed by atoms with Crippen LogP contribution in [0.3, 0.4) is 0 Å². The minimum absolute atomic E-state index is 0.0987. The third-order valence-electron chi connectivity index (χ3n) is 6.08. The molecule has 2 aliphatic rings. The maximum Gasteiger partial charge on any atom is 0.265 e. The Labute approximate surface area is 181 Å². The second-order valence-corrected chi connectivity index (χ2v) is 8.40. The number of aliphatic hydroxyl groups is 1. The van der Waals surface area contributed by atoms with E-state index in [0.717, 1.165) is 24.0 Å². The molecule has 2 aromatic rings. The lowest BCUT2D eigenvalue weighted by Crippen LogP contribution is -2.59. The lowest BCUT2D eigenvalue weighted by Gasteiger charge is -2.36. The number of nitrogens with zero attached hydrogens (tertiary/aromatic N) is 1. The summed E-state index contributed by atoms with van der Waals surface area (Å²) in [7, 11) is 0. The first-order chi connectivity index (χ1) is 14.9. The summed E-state index contributed by atoms with van der Waals surface area (Å²) < 4.78 is 0. The largest absolute Gasteiger partial charge is 0.372 e. The average molecular weight is 421 g/mol. The van der Waals surface area contributed by atoms with E-state index in [-0.39, 0.29) is 24.8 Å². The molecule has 1 unspecified atom stereocenters. The number of hydrogen-bond acceptors (Lipinski definition) is 4. The maximum absolute atomic E-state index is 13.6. The molecule has 1 heterocycles. The van der Waals surface area contributed by atoms with Crippen LogP contribution in [0.2, 0.25) is 0 Å². The van der Waals surface area contributed by atoms with Crippen LogP contribution in [0.15, 0.2) is 48.5 Å². The Hall–Kier alpha value is -3.19. The molecule has 0 aromatic heterocycles. The van der Waals surface area contributed by atoms with Gasteiger partial charge in [-0.1, -0.05) is 55.8 Å². The first kappa shape index (κ1) is 21.1. The zero-order valence-electron chi connectivity index (χ0n) is 17.5. The molecule has 4 rings (SSSR count). The molecule has 31 heavy (non-hydrogen) atoms. The minimum Gasteiger partial charge on any atom is -0.372 e. The smallest absolute Gasteiger partial charge is 0.265 e. The predicted octanol–water partition coefficient (Wildman–Crippen LogP) is 2.60. The van der Waals surface area contributed by atoms with Crippen LogP contribution in [-0.2, 0) is 14.4 Å². The Bertz CT molecular complexity index is 1030. The second kappa shape index (κ2) is 8.15. The van der Waals surface area contributed by atoms with Crippen LogP contribution < -0.4 is 11.1 Å². The summed E-state index contributed by atoms with van der Waals surface area (Å²) in [6, 6.07) is 13.9. The molecule has 1 aliphatic heterocycles. The number of carbonyl (C=O) groups is 3. The molecule has 7 nitrogen and oxygen atoms in total. The van der Waals surface area contributed by atoms with Gasteiger partial charge >= 0.3 is 0 Å². The zero-order valence-corrected chi connectivity index (χ0v) is 17.5. The van der Waals surface area contributed by atoms with Crippen molar-refractivity contribution in [3.8, 4) is 11.1 Å². The molecule has 7 heteroatoms. The van der Waals surface area contributed by atoms with Crippen molar-refractivity contribution >= 4 is 23.4 Å². The molecule has 4 N–H and O–H groups in total. The topological polar surface area (TPSA) is 113 Å². The van der Waals surface area contributed by atoms with Crippen molar-refractivity contribution in [2.45, 2.75) is 44.2 Å². The number of nitrogens with two attached hydrogens (primary N) is 1. The highest BCUT2D eigenvalue weighted by Gasteiger charge is 2.49. The molecule has 0 saturated heterocycles. The monoisotopic (exact) mass is 421 g/mol. The summed E-state index contributed by atoms with van der Waals surface area (Å²) in [5.41, 5.74) is 6.10. The highest BCUT2D eigenvalue weighted by molar-refractivity contribution is 6.10. The number of benzene rings is 2. The van der Waals surface area contributed by atoms with Gasteiger partial charge in [-0.25, -0.2) is 0 Å². The van der Waals surface area contributed by atoms with Gasteiger partial charge in [0.2, 0.25) is 5.60 Å². The predicted molar refractivity (Wildman–Crippen MR) is 117 cm³/mol. The molecule has 162 valence electrons. The van der Waals surface area contributed by atoms with Crippen molar-refractivity contribution in [2.75, 3.05) is 11.9 Å². The van der Waals surface area contributed by atoms with Gasteiger partial charge in [0.1, 0.15) is 6.04 Å². The summed E-state index contributed by atoms with van der Waals surface area (Å²) in [4.78, 5) is 40.5.